The lowest BCUT2D eigenvalue weighted by molar-refractivity contribution is -0.154. The number of phosphoric acid groups is 1. The summed E-state index contributed by atoms with van der Waals surface area (Å²) in [6, 6.07) is 0. The molecule has 0 saturated heterocycles. The van der Waals surface area contributed by atoms with Crippen LogP contribution in [0.1, 0.15) is 206 Å². The first-order valence-corrected chi connectivity index (χ1v) is 23.8. The Morgan fingerprint density at radius 1 is 0.556 bits per heavy atom. The van der Waals surface area contributed by atoms with Crippen LogP contribution in [0.2, 0.25) is 0 Å². The van der Waals surface area contributed by atoms with Gasteiger partial charge in [-0.15, -0.1) is 0 Å². The molecule has 320 valence electrons. The van der Waals surface area contributed by atoms with Crippen LogP contribution < -0.4 is 0 Å². The van der Waals surface area contributed by atoms with Gasteiger partial charge in [-0.1, -0.05) is 160 Å². The predicted octanol–water partition coefficient (Wildman–Crippen LogP) is 12.3. The quantitative estimate of drug-likeness (QED) is 0.0239. The first-order valence-electron chi connectivity index (χ1n) is 22.3. The molecule has 3 atom stereocenters. The summed E-state index contributed by atoms with van der Waals surface area (Å²) in [5.74, 6) is -0.387. The minimum Gasteiger partial charge on any atom is -0.457 e. The summed E-state index contributed by atoms with van der Waals surface area (Å²) in [5, 5.41) is 18.3. The van der Waals surface area contributed by atoms with Crippen LogP contribution in [0.15, 0.2) is 24.3 Å². The second-order valence-electron chi connectivity index (χ2n) is 15.1. The molecule has 0 aromatic carbocycles. The van der Waals surface area contributed by atoms with E-state index in [1.807, 2.05) is 0 Å². The first kappa shape index (κ1) is 52.9. The van der Waals surface area contributed by atoms with E-state index >= 15 is 0 Å². The fourth-order valence-electron chi connectivity index (χ4n) is 6.17. The van der Waals surface area contributed by atoms with Gasteiger partial charge in [0.25, 0.3) is 0 Å². The van der Waals surface area contributed by atoms with Gasteiger partial charge in [-0.25, -0.2) is 4.57 Å². The zero-order valence-electron chi connectivity index (χ0n) is 35.0. The van der Waals surface area contributed by atoms with Gasteiger partial charge in [0.05, 0.1) is 26.4 Å². The van der Waals surface area contributed by atoms with Crippen molar-refractivity contribution in [2.24, 2.45) is 0 Å². The molecule has 10 heteroatoms. The maximum absolute atomic E-state index is 12.6. The normalized spacial score (nSPS) is 14.2. The van der Waals surface area contributed by atoms with Gasteiger partial charge in [-0.05, 0) is 64.2 Å². The van der Waals surface area contributed by atoms with Crippen molar-refractivity contribution in [3.63, 3.8) is 0 Å². The number of hydrogen-bond donors (Lipinski definition) is 3. The molecule has 54 heavy (non-hydrogen) atoms. The summed E-state index contributed by atoms with van der Waals surface area (Å²) in [7, 11) is -4.52. The first-order chi connectivity index (χ1) is 26.3. The minimum absolute atomic E-state index is 0.0459. The number of aliphatic hydroxyl groups excluding tert-OH is 2. The van der Waals surface area contributed by atoms with Crippen molar-refractivity contribution in [1.29, 1.82) is 0 Å². The predicted molar refractivity (Wildman–Crippen MR) is 224 cm³/mol. The molecular weight excluding hydrogens is 703 g/mol. The molecule has 0 fully saturated rings. The van der Waals surface area contributed by atoms with Crippen LogP contribution in [-0.4, -0.2) is 66.3 Å². The monoisotopic (exact) mass is 789 g/mol. The molecule has 0 aromatic heterocycles. The number of carbonyl (C=O) groups excluding carboxylic acids is 1. The molecule has 9 nitrogen and oxygen atoms in total. The van der Waals surface area contributed by atoms with Crippen LogP contribution in [0.25, 0.3) is 0 Å². The highest BCUT2D eigenvalue weighted by molar-refractivity contribution is 7.47. The van der Waals surface area contributed by atoms with Crippen molar-refractivity contribution in [3.05, 3.63) is 24.3 Å². The molecule has 0 aliphatic carbocycles. The Bertz CT molecular complexity index is 897. The SMILES string of the molecule is CCCCCCCC/C=C\CCCCCCCCCC(=O)OC(COCCCCCCCC/C=C\CCCCCCCC)COP(=O)(O)OCC(O)CO. The van der Waals surface area contributed by atoms with E-state index in [0.717, 1.165) is 57.8 Å². The van der Waals surface area contributed by atoms with Crippen molar-refractivity contribution in [1.82, 2.24) is 0 Å². The Labute approximate surface area is 332 Å². The number of phosphoric ester groups is 1. The van der Waals surface area contributed by atoms with E-state index in [0.29, 0.717) is 6.61 Å². The van der Waals surface area contributed by atoms with Crippen LogP contribution in [0, 0.1) is 0 Å². The fraction of sp³-hybridized carbons (Fsp3) is 0.886. The third kappa shape index (κ3) is 40.6. The second kappa shape index (κ2) is 41.6. The molecule has 0 aliphatic rings. The third-order valence-corrected chi connectivity index (χ3v) is 10.6. The van der Waals surface area contributed by atoms with Crippen molar-refractivity contribution in [2.75, 3.05) is 33.0 Å². The van der Waals surface area contributed by atoms with Gasteiger partial charge in [0.1, 0.15) is 12.2 Å². The van der Waals surface area contributed by atoms with Crippen LogP contribution in [0.5, 0.6) is 0 Å². The lowest BCUT2D eigenvalue weighted by Crippen LogP contribution is -2.29. The van der Waals surface area contributed by atoms with Crippen molar-refractivity contribution < 1.29 is 43.0 Å². The van der Waals surface area contributed by atoms with E-state index in [-0.39, 0.29) is 25.6 Å². The van der Waals surface area contributed by atoms with E-state index in [4.69, 9.17) is 23.6 Å². The van der Waals surface area contributed by atoms with Crippen molar-refractivity contribution in [3.8, 4) is 0 Å². The average molecular weight is 789 g/mol. The van der Waals surface area contributed by atoms with E-state index in [2.05, 4.69) is 38.2 Å². The second-order valence-corrected chi connectivity index (χ2v) is 16.5. The summed E-state index contributed by atoms with van der Waals surface area (Å²) in [4.78, 5) is 22.6. The van der Waals surface area contributed by atoms with Gasteiger partial charge < -0.3 is 24.6 Å². The molecular formula is C44H85O9P. The highest BCUT2D eigenvalue weighted by Crippen LogP contribution is 2.43. The number of aliphatic hydroxyl groups is 2. The summed E-state index contributed by atoms with van der Waals surface area (Å²) in [6.45, 7) is 3.51. The number of ether oxygens (including phenoxy) is 2. The Kier molecular flexibility index (Phi) is 40.8. The number of hydrogen-bond acceptors (Lipinski definition) is 8. The van der Waals surface area contributed by atoms with Gasteiger partial charge in [-0.3, -0.25) is 13.8 Å². The molecule has 3 N–H and O–H groups in total. The highest BCUT2D eigenvalue weighted by atomic mass is 31.2. The number of rotatable bonds is 43. The maximum Gasteiger partial charge on any atom is 0.472 e. The molecule has 0 aliphatic heterocycles. The molecule has 0 saturated carbocycles. The molecule has 0 heterocycles. The Hall–Kier alpha value is -1.06. The van der Waals surface area contributed by atoms with Gasteiger partial charge in [0.15, 0.2) is 0 Å². The van der Waals surface area contributed by atoms with E-state index in [1.54, 1.807) is 0 Å². The van der Waals surface area contributed by atoms with Crippen LogP contribution in [0.4, 0.5) is 0 Å². The summed E-state index contributed by atoms with van der Waals surface area (Å²) in [6.07, 6.45) is 42.7. The molecule has 0 bridgehead atoms. The Morgan fingerprint density at radius 2 is 0.944 bits per heavy atom. The maximum atomic E-state index is 12.6. The van der Waals surface area contributed by atoms with Gasteiger partial charge >= 0.3 is 13.8 Å². The lowest BCUT2D eigenvalue weighted by atomic mass is 10.1. The van der Waals surface area contributed by atoms with Crippen LogP contribution in [0.3, 0.4) is 0 Å². The largest absolute Gasteiger partial charge is 0.472 e. The zero-order valence-corrected chi connectivity index (χ0v) is 35.8. The number of unbranched alkanes of at least 4 members (excludes halogenated alkanes) is 25. The Morgan fingerprint density at radius 3 is 1.39 bits per heavy atom. The number of allylic oxidation sites excluding steroid dienone is 4. The molecule has 0 rings (SSSR count). The highest BCUT2D eigenvalue weighted by Gasteiger charge is 2.26. The molecule has 0 radical (unpaired) electrons. The summed E-state index contributed by atoms with van der Waals surface area (Å²) in [5.41, 5.74) is 0. The topological polar surface area (TPSA) is 132 Å². The minimum atomic E-state index is -4.52. The molecule has 0 spiro atoms. The van der Waals surface area contributed by atoms with Crippen LogP contribution >= 0.6 is 7.82 Å². The van der Waals surface area contributed by atoms with Gasteiger partial charge in [0, 0.05) is 13.0 Å². The fourth-order valence-corrected chi connectivity index (χ4v) is 6.96. The molecule has 0 aromatic rings. The Balaban J connectivity index is 4.16. The molecule has 3 unspecified atom stereocenters. The smallest absolute Gasteiger partial charge is 0.457 e. The average Bonchev–Trinajstić information content (AvgIpc) is 3.16. The van der Waals surface area contributed by atoms with E-state index < -0.39 is 33.2 Å². The third-order valence-electron chi connectivity index (χ3n) is 9.61. The van der Waals surface area contributed by atoms with E-state index in [9.17, 15) is 19.4 Å². The summed E-state index contributed by atoms with van der Waals surface area (Å²) >= 11 is 0. The zero-order chi connectivity index (χ0) is 39.6. The number of esters is 1. The van der Waals surface area contributed by atoms with E-state index in [1.165, 1.54) is 128 Å². The van der Waals surface area contributed by atoms with Gasteiger partial charge in [0.2, 0.25) is 0 Å². The van der Waals surface area contributed by atoms with Gasteiger partial charge in [-0.2, -0.15) is 0 Å². The molecule has 0 amide bonds. The standard InChI is InChI=1S/C44H85O9P/c1-3-5-7-9-11-13-15-17-19-21-22-24-26-28-30-32-34-36-44(47)53-43(41-52-54(48,49)51-39-42(46)38-45)40-50-37-35-33-31-29-27-25-23-20-18-16-14-12-10-8-6-4-2/h17-20,42-43,45-46H,3-16,21-41H2,1-2H3,(H,48,49)/b19-17-,20-18-. The van der Waals surface area contributed by atoms with Crippen LogP contribution in [-0.2, 0) is 27.9 Å². The van der Waals surface area contributed by atoms with Crippen molar-refractivity contribution >= 4 is 13.8 Å². The lowest BCUT2D eigenvalue weighted by Gasteiger charge is -2.20. The number of carbonyl (C=O) groups is 1. The summed E-state index contributed by atoms with van der Waals surface area (Å²) < 4.78 is 33.4. The van der Waals surface area contributed by atoms with Crippen molar-refractivity contribution in [2.45, 2.75) is 219 Å².